The number of aryl methyl sites for hydroxylation is 1. The van der Waals surface area contributed by atoms with E-state index in [1.54, 1.807) is 0 Å². The van der Waals surface area contributed by atoms with Gasteiger partial charge >= 0.3 is 0 Å². The van der Waals surface area contributed by atoms with Crippen LogP contribution >= 0.6 is 0 Å². The predicted octanol–water partition coefficient (Wildman–Crippen LogP) is 4.12. The molecule has 126 valence electrons. The first kappa shape index (κ1) is 15.6. The number of benzene rings is 2. The Morgan fingerprint density at radius 3 is 2.44 bits per heavy atom. The third-order valence-corrected chi connectivity index (χ3v) is 4.75. The van der Waals surface area contributed by atoms with Crippen LogP contribution in [0.3, 0.4) is 0 Å². The summed E-state index contributed by atoms with van der Waals surface area (Å²) in [5.41, 5.74) is 3.96. The molecule has 0 radical (unpaired) electrons. The maximum Gasteiger partial charge on any atom is 0.138 e. The lowest BCUT2D eigenvalue weighted by atomic mass is 10.00. The first-order valence-electron chi connectivity index (χ1n) is 8.67. The zero-order valence-corrected chi connectivity index (χ0v) is 14.7. The summed E-state index contributed by atoms with van der Waals surface area (Å²) in [6.45, 7) is 3.85. The molecule has 0 unspecified atom stereocenters. The molecule has 0 saturated heterocycles. The summed E-state index contributed by atoms with van der Waals surface area (Å²) in [5.74, 6) is 2.72. The van der Waals surface area contributed by atoms with E-state index >= 15 is 0 Å². The fourth-order valence-electron chi connectivity index (χ4n) is 3.35. The van der Waals surface area contributed by atoms with Gasteiger partial charge in [0.2, 0.25) is 0 Å². The molecule has 1 aliphatic heterocycles. The van der Waals surface area contributed by atoms with Crippen molar-refractivity contribution in [1.29, 1.82) is 0 Å². The van der Waals surface area contributed by atoms with Gasteiger partial charge in [-0.15, -0.1) is 0 Å². The van der Waals surface area contributed by atoms with Crippen LogP contribution in [0.15, 0.2) is 60.7 Å². The summed E-state index contributed by atoms with van der Waals surface area (Å²) in [6.07, 6.45) is 1.06. The van der Waals surface area contributed by atoms with Gasteiger partial charge < -0.3 is 9.80 Å². The van der Waals surface area contributed by atoms with Crippen molar-refractivity contribution in [2.45, 2.75) is 19.9 Å². The van der Waals surface area contributed by atoms with Crippen molar-refractivity contribution >= 4 is 17.3 Å². The maximum absolute atomic E-state index is 4.69. The topological polar surface area (TPSA) is 32.3 Å². The van der Waals surface area contributed by atoms with Crippen LogP contribution in [0.1, 0.15) is 17.0 Å². The van der Waals surface area contributed by atoms with E-state index in [-0.39, 0.29) is 0 Å². The van der Waals surface area contributed by atoms with Crippen LogP contribution in [0.2, 0.25) is 0 Å². The van der Waals surface area contributed by atoms with Crippen molar-refractivity contribution in [2.24, 2.45) is 0 Å². The van der Waals surface area contributed by atoms with E-state index in [0.717, 1.165) is 42.7 Å². The van der Waals surface area contributed by atoms with Crippen LogP contribution in [0, 0.1) is 6.92 Å². The highest BCUT2D eigenvalue weighted by molar-refractivity contribution is 5.62. The van der Waals surface area contributed by atoms with E-state index in [2.05, 4.69) is 57.2 Å². The van der Waals surface area contributed by atoms with Gasteiger partial charge in [-0.25, -0.2) is 9.97 Å². The van der Waals surface area contributed by atoms with Crippen molar-refractivity contribution < 1.29 is 0 Å². The fraction of sp³-hybridized carbons (Fsp3) is 0.238. The molecule has 2 aromatic carbocycles. The van der Waals surface area contributed by atoms with Crippen LogP contribution in [0.4, 0.5) is 17.3 Å². The number of hydrogen-bond acceptors (Lipinski definition) is 4. The molecule has 0 saturated carbocycles. The number of anilines is 3. The number of hydrogen-bond donors (Lipinski definition) is 0. The van der Waals surface area contributed by atoms with Gasteiger partial charge in [0.05, 0.1) is 0 Å². The molecule has 0 spiro atoms. The molecule has 0 amide bonds. The molecule has 0 N–H and O–H groups in total. The average Bonchev–Trinajstić information content (AvgIpc) is 2.67. The first-order valence-corrected chi connectivity index (χ1v) is 8.67. The monoisotopic (exact) mass is 330 g/mol. The van der Waals surface area contributed by atoms with E-state index in [9.17, 15) is 0 Å². The molecule has 0 atom stereocenters. The Balaban J connectivity index is 1.64. The average molecular weight is 330 g/mol. The van der Waals surface area contributed by atoms with E-state index in [1.807, 2.05) is 32.2 Å². The third-order valence-electron chi connectivity index (χ3n) is 4.75. The zero-order chi connectivity index (χ0) is 17.2. The second-order valence-corrected chi connectivity index (χ2v) is 6.47. The first-order chi connectivity index (χ1) is 12.2. The molecule has 4 heteroatoms. The smallest absolute Gasteiger partial charge is 0.138 e. The lowest BCUT2D eigenvalue weighted by molar-refractivity contribution is 0.717. The quantitative estimate of drug-likeness (QED) is 0.723. The minimum absolute atomic E-state index is 0.800. The third kappa shape index (κ3) is 3.20. The zero-order valence-electron chi connectivity index (χ0n) is 14.7. The summed E-state index contributed by atoms with van der Waals surface area (Å²) in [5, 5.41) is 0. The second-order valence-electron chi connectivity index (χ2n) is 6.47. The molecule has 0 fully saturated rings. The largest absolute Gasteiger partial charge is 0.352 e. The molecule has 0 aliphatic carbocycles. The van der Waals surface area contributed by atoms with Gasteiger partial charge in [0, 0.05) is 31.9 Å². The molecule has 2 heterocycles. The van der Waals surface area contributed by atoms with E-state index in [1.165, 1.54) is 11.1 Å². The van der Waals surface area contributed by atoms with Crippen LogP contribution in [-0.4, -0.2) is 23.6 Å². The molecule has 4 nitrogen and oxygen atoms in total. The maximum atomic E-state index is 4.69. The lowest BCUT2D eigenvalue weighted by Gasteiger charge is -2.30. The van der Waals surface area contributed by atoms with Gasteiger partial charge in [-0.05, 0) is 36.6 Å². The van der Waals surface area contributed by atoms with E-state index in [0.29, 0.717) is 0 Å². The standard InChI is InChI=1S/C21H22N4/c1-16-22-20(24(2)19-10-4-3-5-11-19)14-21(23-16)25-13-12-17-8-6-7-9-18(17)15-25/h3-11,14H,12-13,15H2,1-2H3. The molecule has 1 aromatic heterocycles. The normalized spacial score (nSPS) is 13.4. The van der Waals surface area contributed by atoms with E-state index in [4.69, 9.17) is 4.98 Å². The Morgan fingerprint density at radius 2 is 1.64 bits per heavy atom. The van der Waals surface area contributed by atoms with Gasteiger partial charge in [-0.1, -0.05) is 42.5 Å². The Bertz CT molecular complexity index is 876. The van der Waals surface area contributed by atoms with Gasteiger partial charge in [0.25, 0.3) is 0 Å². The summed E-state index contributed by atoms with van der Waals surface area (Å²) in [6, 6.07) is 21.1. The highest BCUT2D eigenvalue weighted by Gasteiger charge is 2.19. The number of aromatic nitrogens is 2. The molecule has 1 aliphatic rings. The van der Waals surface area contributed by atoms with Crippen LogP contribution < -0.4 is 9.80 Å². The predicted molar refractivity (Wildman–Crippen MR) is 102 cm³/mol. The molecular weight excluding hydrogens is 308 g/mol. The van der Waals surface area contributed by atoms with Gasteiger partial charge in [-0.3, -0.25) is 0 Å². The van der Waals surface area contributed by atoms with Gasteiger partial charge in [0.1, 0.15) is 17.5 Å². The van der Waals surface area contributed by atoms with Crippen molar-refractivity contribution in [2.75, 3.05) is 23.4 Å². The Labute approximate surface area is 148 Å². The highest BCUT2D eigenvalue weighted by atomic mass is 15.2. The number of rotatable bonds is 3. The van der Waals surface area contributed by atoms with Crippen molar-refractivity contribution in [3.63, 3.8) is 0 Å². The number of para-hydroxylation sites is 1. The van der Waals surface area contributed by atoms with E-state index < -0.39 is 0 Å². The fourth-order valence-corrected chi connectivity index (χ4v) is 3.35. The molecule has 4 rings (SSSR count). The molecule has 25 heavy (non-hydrogen) atoms. The molecular formula is C21H22N4. The summed E-state index contributed by atoms with van der Waals surface area (Å²) >= 11 is 0. The Kier molecular flexibility index (Phi) is 4.10. The molecule has 0 bridgehead atoms. The highest BCUT2D eigenvalue weighted by Crippen LogP contribution is 2.28. The summed E-state index contributed by atoms with van der Waals surface area (Å²) < 4.78 is 0. The van der Waals surface area contributed by atoms with Crippen LogP contribution in [0.5, 0.6) is 0 Å². The van der Waals surface area contributed by atoms with Crippen molar-refractivity contribution in [3.8, 4) is 0 Å². The number of fused-ring (bicyclic) bond motifs is 1. The van der Waals surface area contributed by atoms with Gasteiger partial charge in [0.15, 0.2) is 0 Å². The second kappa shape index (κ2) is 6.55. The minimum atomic E-state index is 0.800. The van der Waals surface area contributed by atoms with Crippen molar-refractivity contribution in [1.82, 2.24) is 9.97 Å². The van der Waals surface area contributed by atoms with Crippen LogP contribution in [-0.2, 0) is 13.0 Å². The summed E-state index contributed by atoms with van der Waals surface area (Å²) in [7, 11) is 2.05. The van der Waals surface area contributed by atoms with Crippen molar-refractivity contribution in [3.05, 3.63) is 77.6 Å². The lowest BCUT2D eigenvalue weighted by Crippen LogP contribution is -2.31. The summed E-state index contributed by atoms with van der Waals surface area (Å²) in [4.78, 5) is 13.8. The van der Waals surface area contributed by atoms with Gasteiger partial charge in [-0.2, -0.15) is 0 Å². The minimum Gasteiger partial charge on any atom is -0.352 e. The Morgan fingerprint density at radius 1 is 0.920 bits per heavy atom. The SMILES string of the molecule is Cc1nc(N2CCc3ccccc3C2)cc(N(C)c2ccccc2)n1. The Hall–Kier alpha value is -2.88. The number of nitrogens with zero attached hydrogens (tertiary/aromatic N) is 4. The molecule has 3 aromatic rings. The van der Waals surface area contributed by atoms with Crippen LogP contribution in [0.25, 0.3) is 0 Å².